The van der Waals surface area contributed by atoms with Gasteiger partial charge in [-0.3, -0.25) is 0 Å². The summed E-state index contributed by atoms with van der Waals surface area (Å²) in [6.45, 7) is 4.82. The average Bonchev–Trinajstić information content (AvgIpc) is 2.23. The van der Waals surface area contributed by atoms with Crippen LogP contribution in [0.15, 0.2) is 12.1 Å². The SMILES string of the molecule is Cc1ccc(N)c(C)c1OCCCCO. The Balaban J connectivity index is 2.63. The molecule has 1 rings (SSSR count). The molecule has 0 bridgehead atoms. The summed E-state index contributed by atoms with van der Waals surface area (Å²) in [5.74, 6) is 0.882. The molecule has 0 aromatic heterocycles. The lowest BCUT2D eigenvalue weighted by atomic mass is 10.1. The fourth-order valence-electron chi connectivity index (χ4n) is 1.45. The number of benzene rings is 1. The van der Waals surface area contributed by atoms with Gasteiger partial charge in [0.15, 0.2) is 0 Å². The van der Waals surface area contributed by atoms with Crippen LogP contribution in [0.4, 0.5) is 5.69 Å². The summed E-state index contributed by atoms with van der Waals surface area (Å²) in [4.78, 5) is 0. The van der Waals surface area contributed by atoms with Gasteiger partial charge in [0.25, 0.3) is 0 Å². The van der Waals surface area contributed by atoms with Crippen molar-refractivity contribution in [3.63, 3.8) is 0 Å². The molecule has 0 amide bonds. The first-order valence-electron chi connectivity index (χ1n) is 5.26. The van der Waals surface area contributed by atoms with Gasteiger partial charge in [-0.25, -0.2) is 0 Å². The van der Waals surface area contributed by atoms with Crippen LogP contribution in [0.3, 0.4) is 0 Å². The third kappa shape index (κ3) is 3.13. The summed E-state index contributed by atoms with van der Waals surface area (Å²) >= 11 is 0. The predicted octanol–water partition coefficient (Wildman–Crippen LogP) is 2.04. The molecule has 0 heterocycles. The van der Waals surface area contributed by atoms with Gasteiger partial charge in [-0.05, 0) is 38.3 Å². The minimum Gasteiger partial charge on any atom is -0.493 e. The monoisotopic (exact) mass is 209 g/mol. The van der Waals surface area contributed by atoms with Gasteiger partial charge in [0.2, 0.25) is 0 Å². The Morgan fingerprint density at radius 2 is 2.00 bits per heavy atom. The number of nitrogens with two attached hydrogens (primary N) is 1. The second-order valence-electron chi connectivity index (χ2n) is 3.70. The minimum atomic E-state index is 0.220. The molecule has 0 fully saturated rings. The van der Waals surface area contributed by atoms with Crippen LogP contribution in [-0.4, -0.2) is 18.3 Å². The standard InChI is InChI=1S/C12H19NO2/c1-9-5-6-11(13)10(2)12(9)15-8-4-3-7-14/h5-6,14H,3-4,7-8,13H2,1-2H3. The zero-order valence-corrected chi connectivity index (χ0v) is 9.42. The maximum absolute atomic E-state index is 8.64. The number of aryl methyl sites for hydroxylation is 1. The molecule has 0 saturated carbocycles. The molecule has 0 radical (unpaired) electrons. The van der Waals surface area contributed by atoms with E-state index in [2.05, 4.69) is 0 Å². The Bertz CT molecular complexity index is 324. The number of ether oxygens (including phenoxy) is 1. The van der Waals surface area contributed by atoms with E-state index >= 15 is 0 Å². The fraction of sp³-hybridized carbons (Fsp3) is 0.500. The van der Waals surface area contributed by atoms with Crippen LogP contribution in [0.5, 0.6) is 5.75 Å². The van der Waals surface area contributed by atoms with Crippen molar-refractivity contribution in [3.8, 4) is 5.75 Å². The molecule has 3 nitrogen and oxygen atoms in total. The number of anilines is 1. The molecule has 3 heteroatoms. The number of hydrogen-bond donors (Lipinski definition) is 2. The van der Waals surface area contributed by atoms with E-state index in [0.29, 0.717) is 6.61 Å². The van der Waals surface area contributed by atoms with E-state index in [1.54, 1.807) is 0 Å². The Labute approximate surface area is 90.9 Å². The molecule has 15 heavy (non-hydrogen) atoms. The summed E-state index contributed by atoms with van der Waals surface area (Å²) in [7, 11) is 0. The normalized spacial score (nSPS) is 10.3. The fourth-order valence-corrected chi connectivity index (χ4v) is 1.45. The van der Waals surface area contributed by atoms with Crippen LogP contribution in [0.1, 0.15) is 24.0 Å². The zero-order valence-electron chi connectivity index (χ0n) is 9.42. The highest BCUT2D eigenvalue weighted by atomic mass is 16.5. The van der Waals surface area contributed by atoms with Crippen molar-refractivity contribution in [2.45, 2.75) is 26.7 Å². The zero-order chi connectivity index (χ0) is 11.3. The number of rotatable bonds is 5. The summed E-state index contributed by atoms with van der Waals surface area (Å²) in [6.07, 6.45) is 1.64. The second kappa shape index (κ2) is 5.61. The summed E-state index contributed by atoms with van der Waals surface area (Å²) < 4.78 is 5.66. The average molecular weight is 209 g/mol. The van der Waals surface area contributed by atoms with E-state index in [-0.39, 0.29) is 6.61 Å². The highest BCUT2D eigenvalue weighted by molar-refractivity contribution is 5.56. The third-order valence-corrected chi connectivity index (χ3v) is 2.44. The molecule has 0 aliphatic carbocycles. The Kier molecular flexibility index (Phi) is 4.43. The van der Waals surface area contributed by atoms with E-state index in [1.165, 1.54) is 0 Å². The first kappa shape index (κ1) is 11.9. The van der Waals surface area contributed by atoms with E-state index in [1.807, 2.05) is 26.0 Å². The molecule has 84 valence electrons. The number of aliphatic hydroxyl groups is 1. The topological polar surface area (TPSA) is 55.5 Å². The largest absolute Gasteiger partial charge is 0.493 e. The Morgan fingerprint density at radius 1 is 1.27 bits per heavy atom. The smallest absolute Gasteiger partial charge is 0.127 e. The van der Waals surface area contributed by atoms with Crippen LogP contribution in [0, 0.1) is 13.8 Å². The quantitative estimate of drug-likeness (QED) is 0.576. The van der Waals surface area contributed by atoms with Crippen molar-refractivity contribution in [1.29, 1.82) is 0 Å². The van der Waals surface area contributed by atoms with Gasteiger partial charge in [0.05, 0.1) is 6.61 Å². The molecule has 1 aromatic carbocycles. The van der Waals surface area contributed by atoms with E-state index in [4.69, 9.17) is 15.6 Å². The van der Waals surface area contributed by atoms with Crippen molar-refractivity contribution in [2.75, 3.05) is 18.9 Å². The first-order valence-corrected chi connectivity index (χ1v) is 5.26. The predicted molar refractivity (Wildman–Crippen MR) is 62.1 cm³/mol. The number of nitrogen functional groups attached to an aromatic ring is 1. The van der Waals surface area contributed by atoms with Crippen LogP contribution in [-0.2, 0) is 0 Å². The van der Waals surface area contributed by atoms with Crippen molar-refractivity contribution in [3.05, 3.63) is 23.3 Å². The van der Waals surface area contributed by atoms with Crippen molar-refractivity contribution >= 4 is 5.69 Å². The van der Waals surface area contributed by atoms with Gasteiger partial charge in [0.1, 0.15) is 5.75 Å². The number of hydrogen-bond acceptors (Lipinski definition) is 3. The molecule has 0 saturated heterocycles. The lowest BCUT2D eigenvalue weighted by Gasteiger charge is -2.13. The summed E-state index contributed by atoms with van der Waals surface area (Å²) in [5.41, 5.74) is 8.66. The van der Waals surface area contributed by atoms with Gasteiger partial charge in [-0.1, -0.05) is 6.07 Å². The minimum absolute atomic E-state index is 0.220. The van der Waals surface area contributed by atoms with E-state index < -0.39 is 0 Å². The first-order chi connectivity index (χ1) is 7.16. The molecule has 0 aliphatic rings. The van der Waals surface area contributed by atoms with E-state index in [9.17, 15) is 0 Å². The van der Waals surface area contributed by atoms with Crippen molar-refractivity contribution in [1.82, 2.24) is 0 Å². The lowest BCUT2D eigenvalue weighted by molar-refractivity contribution is 0.252. The van der Waals surface area contributed by atoms with Gasteiger partial charge in [-0.15, -0.1) is 0 Å². The molecule has 0 unspecified atom stereocenters. The highest BCUT2D eigenvalue weighted by Crippen LogP contribution is 2.27. The number of unbranched alkanes of at least 4 members (excludes halogenated alkanes) is 1. The molecular weight excluding hydrogens is 190 g/mol. The molecule has 0 atom stereocenters. The van der Waals surface area contributed by atoms with Crippen LogP contribution < -0.4 is 10.5 Å². The second-order valence-corrected chi connectivity index (χ2v) is 3.70. The van der Waals surface area contributed by atoms with E-state index in [0.717, 1.165) is 35.4 Å². The molecular formula is C12H19NO2. The van der Waals surface area contributed by atoms with Crippen LogP contribution in [0.25, 0.3) is 0 Å². The van der Waals surface area contributed by atoms with Gasteiger partial charge < -0.3 is 15.6 Å². The molecule has 1 aromatic rings. The highest BCUT2D eigenvalue weighted by Gasteiger charge is 2.06. The maximum Gasteiger partial charge on any atom is 0.127 e. The molecule has 0 spiro atoms. The van der Waals surface area contributed by atoms with Crippen LogP contribution >= 0.6 is 0 Å². The summed E-state index contributed by atoms with van der Waals surface area (Å²) in [6, 6.07) is 3.86. The maximum atomic E-state index is 8.64. The lowest BCUT2D eigenvalue weighted by Crippen LogP contribution is -2.03. The number of aliphatic hydroxyl groups excluding tert-OH is 1. The van der Waals surface area contributed by atoms with Gasteiger partial charge in [0, 0.05) is 17.9 Å². The summed E-state index contributed by atoms with van der Waals surface area (Å²) in [5, 5.41) is 8.64. The van der Waals surface area contributed by atoms with Gasteiger partial charge >= 0.3 is 0 Å². The van der Waals surface area contributed by atoms with Crippen molar-refractivity contribution < 1.29 is 9.84 Å². The van der Waals surface area contributed by atoms with Gasteiger partial charge in [-0.2, -0.15) is 0 Å². The Hall–Kier alpha value is -1.22. The van der Waals surface area contributed by atoms with Crippen molar-refractivity contribution in [2.24, 2.45) is 0 Å². The molecule has 3 N–H and O–H groups in total. The molecule has 0 aliphatic heterocycles. The van der Waals surface area contributed by atoms with Crippen LogP contribution in [0.2, 0.25) is 0 Å². The Morgan fingerprint density at radius 3 is 2.67 bits per heavy atom. The third-order valence-electron chi connectivity index (χ3n) is 2.44.